The van der Waals surface area contributed by atoms with Crippen LogP contribution < -0.4 is 5.32 Å². The molecule has 37 heavy (non-hydrogen) atoms. The Hall–Kier alpha value is -2.98. The number of benzene rings is 1. The first-order valence-corrected chi connectivity index (χ1v) is 13.1. The molecular formula is C27H35F2N5O2S. The molecule has 0 amide bonds. The van der Waals surface area contributed by atoms with E-state index in [9.17, 15) is 13.6 Å². The van der Waals surface area contributed by atoms with Gasteiger partial charge in [0, 0.05) is 38.3 Å². The molecule has 1 aromatic carbocycles. The number of rotatable bonds is 11. The number of imidazole rings is 1. The Morgan fingerprint density at radius 2 is 2.19 bits per heavy atom. The molecule has 3 rings (SSSR count). The third-order valence-electron chi connectivity index (χ3n) is 6.22. The van der Waals surface area contributed by atoms with Gasteiger partial charge in [-0.3, -0.25) is 9.79 Å². The molecule has 2 heterocycles. The van der Waals surface area contributed by atoms with Gasteiger partial charge in [0.1, 0.15) is 5.82 Å². The van der Waals surface area contributed by atoms with Crippen LogP contribution in [0.1, 0.15) is 57.3 Å². The van der Waals surface area contributed by atoms with E-state index in [0.29, 0.717) is 48.6 Å². The van der Waals surface area contributed by atoms with Crippen molar-refractivity contribution in [1.29, 1.82) is 0 Å². The Labute approximate surface area is 221 Å². The molecule has 1 fully saturated rings. The highest BCUT2D eigenvalue weighted by Gasteiger charge is 2.26. The molecule has 0 saturated carbocycles. The molecule has 1 unspecified atom stereocenters. The number of nitrogens with one attached hydrogen (secondary N) is 2. The Balaban J connectivity index is 1.47. The molecule has 1 atom stereocenters. The number of aromatic nitrogens is 2. The maximum atomic E-state index is 13.0. The van der Waals surface area contributed by atoms with Crippen LogP contribution in [0.15, 0.2) is 53.7 Å². The molecule has 0 spiro atoms. The molecule has 10 heteroatoms. The van der Waals surface area contributed by atoms with Gasteiger partial charge < -0.3 is 15.0 Å². The van der Waals surface area contributed by atoms with E-state index in [1.807, 2.05) is 20.0 Å². The smallest absolute Gasteiger partial charge is 0.306 e. The highest BCUT2D eigenvalue weighted by molar-refractivity contribution is 8.11. The van der Waals surface area contributed by atoms with Crippen LogP contribution >= 0.6 is 11.9 Å². The number of fused-ring (bicyclic) bond motifs is 1. The number of ether oxygens (including phenoxy) is 1. The maximum absolute atomic E-state index is 13.0. The minimum absolute atomic E-state index is 0.0377. The van der Waals surface area contributed by atoms with Gasteiger partial charge in [-0.05, 0) is 74.3 Å². The van der Waals surface area contributed by atoms with Crippen molar-refractivity contribution < 1.29 is 18.3 Å². The number of alkyl halides is 2. The largest absolute Gasteiger partial charge is 0.466 e. The van der Waals surface area contributed by atoms with E-state index in [1.165, 1.54) is 12.1 Å². The van der Waals surface area contributed by atoms with Crippen LogP contribution in [0.2, 0.25) is 0 Å². The number of H-pyrrole nitrogens is 1. The summed E-state index contributed by atoms with van der Waals surface area (Å²) in [6, 6.07) is 4.41. The molecule has 0 aliphatic carbocycles. The SMILES string of the molecule is C=C(CCC(=C)c1nc2ccc(C(F)F)cc2[nH]1)/C(C)=C/NC(=NC)SN1CCC(CC(=O)OCC)C1. The summed E-state index contributed by atoms with van der Waals surface area (Å²) in [6.07, 6.45) is 2.08. The number of amidine groups is 1. The molecular weight excluding hydrogens is 496 g/mol. The van der Waals surface area contributed by atoms with Crippen molar-refractivity contribution in [3.63, 3.8) is 0 Å². The van der Waals surface area contributed by atoms with Gasteiger partial charge in [0.15, 0.2) is 5.17 Å². The number of carbonyl (C=O) groups is 1. The zero-order valence-electron chi connectivity index (χ0n) is 21.7. The monoisotopic (exact) mass is 531 g/mol. The number of hydrogen-bond acceptors (Lipinski definition) is 6. The predicted octanol–water partition coefficient (Wildman–Crippen LogP) is 6.25. The summed E-state index contributed by atoms with van der Waals surface area (Å²) in [4.78, 5) is 23.7. The molecule has 200 valence electrons. The van der Waals surface area contributed by atoms with Crippen molar-refractivity contribution >= 4 is 39.7 Å². The lowest BCUT2D eigenvalue weighted by Gasteiger charge is -2.16. The van der Waals surface area contributed by atoms with Gasteiger partial charge in [-0.25, -0.2) is 18.1 Å². The molecule has 0 radical (unpaired) electrons. The number of hydrogen-bond donors (Lipinski definition) is 2. The van der Waals surface area contributed by atoms with Crippen molar-refractivity contribution in [2.24, 2.45) is 10.9 Å². The summed E-state index contributed by atoms with van der Waals surface area (Å²) in [6.45, 7) is 14.2. The molecule has 1 saturated heterocycles. The van der Waals surface area contributed by atoms with Gasteiger partial charge >= 0.3 is 5.97 Å². The number of esters is 1. The lowest BCUT2D eigenvalue weighted by atomic mass is 10.0. The zero-order valence-corrected chi connectivity index (χ0v) is 22.5. The molecule has 0 bridgehead atoms. The number of carbonyl (C=O) groups excluding carboxylic acids is 1. The van der Waals surface area contributed by atoms with Crippen LogP contribution in [0, 0.1) is 5.92 Å². The molecule has 2 N–H and O–H groups in total. The summed E-state index contributed by atoms with van der Waals surface area (Å²) in [5, 5.41) is 4.02. The van der Waals surface area contributed by atoms with Crippen molar-refractivity contribution in [2.45, 2.75) is 46.0 Å². The van der Waals surface area contributed by atoms with Crippen LogP contribution in [0.3, 0.4) is 0 Å². The minimum atomic E-state index is -2.52. The average Bonchev–Trinajstić information content (AvgIpc) is 3.50. The molecule has 2 aromatic rings. The fourth-order valence-electron chi connectivity index (χ4n) is 3.98. The van der Waals surface area contributed by atoms with Crippen LogP contribution in [0.25, 0.3) is 16.6 Å². The van der Waals surface area contributed by atoms with Crippen LogP contribution in [-0.4, -0.2) is 52.2 Å². The quantitative estimate of drug-likeness (QED) is 0.117. The van der Waals surface area contributed by atoms with E-state index in [1.54, 1.807) is 25.1 Å². The summed E-state index contributed by atoms with van der Waals surface area (Å²) in [5.74, 6) is 0.758. The second-order valence-electron chi connectivity index (χ2n) is 9.01. The predicted molar refractivity (Wildman–Crippen MR) is 147 cm³/mol. The summed E-state index contributed by atoms with van der Waals surface area (Å²) in [5.41, 5.74) is 3.89. The van der Waals surface area contributed by atoms with Crippen molar-refractivity contribution in [2.75, 3.05) is 26.7 Å². The van der Waals surface area contributed by atoms with Crippen LogP contribution in [0.5, 0.6) is 0 Å². The van der Waals surface area contributed by atoms with Gasteiger partial charge in [0.05, 0.1) is 17.6 Å². The molecule has 1 aliphatic rings. The van der Waals surface area contributed by atoms with Gasteiger partial charge in [0.2, 0.25) is 0 Å². The maximum Gasteiger partial charge on any atom is 0.306 e. The first-order chi connectivity index (χ1) is 17.7. The fraction of sp³-hybridized carbons (Fsp3) is 0.444. The topological polar surface area (TPSA) is 82.6 Å². The first kappa shape index (κ1) is 28.6. The number of nitrogens with zero attached hydrogens (tertiary/aromatic N) is 3. The average molecular weight is 532 g/mol. The van der Waals surface area contributed by atoms with Crippen molar-refractivity contribution in [1.82, 2.24) is 19.6 Å². The number of halogens is 2. The summed E-state index contributed by atoms with van der Waals surface area (Å²) in [7, 11) is 1.74. The van der Waals surface area contributed by atoms with E-state index < -0.39 is 6.43 Å². The second-order valence-corrected chi connectivity index (χ2v) is 10.1. The summed E-state index contributed by atoms with van der Waals surface area (Å²) < 4.78 is 33.2. The van der Waals surface area contributed by atoms with E-state index in [2.05, 4.69) is 37.7 Å². The van der Waals surface area contributed by atoms with Gasteiger partial charge in [-0.2, -0.15) is 0 Å². The Morgan fingerprint density at radius 1 is 1.41 bits per heavy atom. The van der Waals surface area contributed by atoms with Gasteiger partial charge in [0.25, 0.3) is 6.43 Å². The Kier molecular flexibility index (Phi) is 10.5. The normalized spacial score (nSPS) is 17.0. The van der Waals surface area contributed by atoms with E-state index in [0.717, 1.165) is 41.4 Å². The van der Waals surface area contributed by atoms with Crippen LogP contribution in [-0.2, 0) is 9.53 Å². The highest BCUT2D eigenvalue weighted by atomic mass is 32.2. The van der Waals surface area contributed by atoms with Gasteiger partial charge in [-0.1, -0.05) is 24.8 Å². The number of allylic oxidation sites excluding steroid dienone is 3. The van der Waals surface area contributed by atoms with Crippen LogP contribution in [0.4, 0.5) is 8.78 Å². The first-order valence-electron chi connectivity index (χ1n) is 12.3. The van der Waals surface area contributed by atoms with E-state index in [-0.39, 0.29) is 11.5 Å². The zero-order chi connectivity index (χ0) is 26.9. The number of aromatic amines is 1. The Morgan fingerprint density at radius 3 is 2.89 bits per heavy atom. The molecule has 1 aliphatic heterocycles. The third-order valence-corrected chi connectivity index (χ3v) is 7.28. The minimum Gasteiger partial charge on any atom is -0.466 e. The fourth-order valence-corrected chi connectivity index (χ4v) is 4.90. The molecule has 1 aromatic heterocycles. The number of aliphatic imine (C=N–C) groups is 1. The van der Waals surface area contributed by atoms with Gasteiger partial charge in [-0.15, -0.1) is 0 Å². The molecule has 7 nitrogen and oxygen atoms in total. The summed E-state index contributed by atoms with van der Waals surface area (Å²) >= 11 is 1.54. The lowest BCUT2D eigenvalue weighted by Crippen LogP contribution is -2.23. The highest BCUT2D eigenvalue weighted by Crippen LogP contribution is 2.28. The van der Waals surface area contributed by atoms with E-state index >= 15 is 0 Å². The lowest BCUT2D eigenvalue weighted by molar-refractivity contribution is -0.144. The third kappa shape index (κ3) is 8.26. The van der Waals surface area contributed by atoms with Crippen molar-refractivity contribution in [3.05, 3.63) is 60.1 Å². The Bertz CT molecular complexity index is 1190. The standard InChI is InChI=1S/C27H35F2N5O2S/c1-6-36-24(35)13-20-11-12-34(16-20)37-27(30-5)31-15-19(4)17(2)7-8-18(3)26-32-22-10-9-21(25(28)29)14-23(22)33-26/h9-10,14-15,20,25H,2-3,6-8,11-13,16H2,1,4-5H3,(H,30,31)(H,32,33)/b19-15+. The van der Waals surface area contributed by atoms with Crippen molar-refractivity contribution in [3.8, 4) is 0 Å². The second kappa shape index (κ2) is 13.5. The van der Waals surface area contributed by atoms with E-state index in [4.69, 9.17) is 4.74 Å².